The predicted molar refractivity (Wildman–Crippen MR) is 225 cm³/mol. The standard InChI is InChI=1S/C44H77O11P/c1-3-5-6-7-8-9-10-11-12-15-18-21-24-27-30-34-43(48)52-38-42(39-54-56(50,51)53-37-41(47)36-45)55-44(49)35-31-28-25-22-19-16-13-14-17-20-23-26-29-33-40(46)32-4-2/h11-13,16-17,20,22,25-26,29,40-42,45-47H,3-10,14-15,18-19,21,23-24,27-28,30-39H2,1-2H3,(H,50,51)/b12-11-,16-13-,20-17-,25-22-,29-26-/t40?,41-,42+/m0/s1. The Morgan fingerprint density at radius 3 is 1.68 bits per heavy atom. The van der Waals surface area contributed by atoms with E-state index in [1.54, 1.807) is 0 Å². The van der Waals surface area contributed by atoms with Gasteiger partial charge in [0.2, 0.25) is 0 Å². The molecule has 0 aromatic heterocycles. The van der Waals surface area contributed by atoms with Crippen LogP contribution in [0, 0.1) is 0 Å². The molecule has 0 radical (unpaired) electrons. The molecule has 0 aliphatic carbocycles. The van der Waals surface area contributed by atoms with Gasteiger partial charge >= 0.3 is 19.8 Å². The van der Waals surface area contributed by atoms with Crippen LogP contribution in [0.5, 0.6) is 0 Å². The van der Waals surface area contributed by atoms with Crippen molar-refractivity contribution >= 4 is 19.8 Å². The number of phosphoric acid groups is 1. The summed E-state index contributed by atoms with van der Waals surface area (Å²) in [5, 5.41) is 28.0. The molecule has 0 bridgehead atoms. The van der Waals surface area contributed by atoms with E-state index in [1.807, 2.05) is 18.2 Å². The van der Waals surface area contributed by atoms with Gasteiger partial charge in [0.15, 0.2) is 6.10 Å². The molecular weight excluding hydrogens is 735 g/mol. The second-order valence-electron chi connectivity index (χ2n) is 14.2. The van der Waals surface area contributed by atoms with Crippen molar-refractivity contribution in [3.63, 3.8) is 0 Å². The molecule has 2 unspecified atom stereocenters. The number of carbonyl (C=O) groups excluding carboxylic acids is 2. The van der Waals surface area contributed by atoms with Gasteiger partial charge in [-0.05, 0) is 77.0 Å². The van der Waals surface area contributed by atoms with Gasteiger partial charge in [-0.3, -0.25) is 18.6 Å². The second-order valence-corrected chi connectivity index (χ2v) is 15.6. The number of aliphatic hydroxyl groups excluding tert-OH is 3. The van der Waals surface area contributed by atoms with E-state index in [9.17, 15) is 29.3 Å². The lowest BCUT2D eigenvalue weighted by atomic mass is 10.1. The molecule has 0 amide bonds. The third-order valence-corrected chi connectivity index (χ3v) is 9.65. The molecule has 12 heteroatoms. The van der Waals surface area contributed by atoms with Gasteiger partial charge in [0.25, 0.3) is 0 Å². The molecule has 0 heterocycles. The molecule has 0 spiro atoms. The Balaban J connectivity index is 4.45. The molecule has 56 heavy (non-hydrogen) atoms. The molecule has 0 fully saturated rings. The van der Waals surface area contributed by atoms with Crippen molar-refractivity contribution in [2.45, 2.75) is 180 Å². The molecule has 0 saturated heterocycles. The Labute approximate surface area is 338 Å². The van der Waals surface area contributed by atoms with Gasteiger partial charge in [-0.1, -0.05) is 132 Å². The van der Waals surface area contributed by atoms with Crippen molar-refractivity contribution in [3.05, 3.63) is 60.8 Å². The van der Waals surface area contributed by atoms with Crippen LogP contribution in [-0.2, 0) is 32.7 Å². The average molecular weight is 813 g/mol. The average Bonchev–Trinajstić information content (AvgIpc) is 3.18. The van der Waals surface area contributed by atoms with Gasteiger partial charge in [0, 0.05) is 12.8 Å². The zero-order chi connectivity index (χ0) is 41.4. The topological polar surface area (TPSA) is 169 Å². The van der Waals surface area contributed by atoms with E-state index >= 15 is 0 Å². The zero-order valence-corrected chi connectivity index (χ0v) is 35.6. The number of phosphoric ester groups is 1. The fraction of sp³-hybridized carbons (Fsp3) is 0.727. The van der Waals surface area contributed by atoms with Crippen molar-refractivity contribution in [2.75, 3.05) is 26.4 Å². The lowest BCUT2D eigenvalue weighted by molar-refractivity contribution is -0.161. The summed E-state index contributed by atoms with van der Waals surface area (Å²) >= 11 is 0. The molecule has 11 nitrogen and oxygen atoms in total. The highest BCUT2D eigenvalue weighted by Gasteiger charge is 2.27. The fourth-order valence-corrected chi connectivity index (χ4v) is 6.20. The van der Waals surface area contributed by atoms with Gasteiger partial charge in [0.1, 0.15) is 12.7 Å². The van der Waals surface area contributed by atoms with Crippen LogP contribution in [0.1, 0.15) is 162 Å². The number of carbonyl (C=O) groups is 2. The molecular formula is C44H77O11P. The summed E-state index contributed by atoms with van der Waals surface area (Å²) in [5.41, 5.74) is 0. The van der Waals surface area contributed by atoms with E-state index in [-0.39, 0.29) is 25.6 Å². The SMILES string of the molecule is CCCCCCCC/C=C\CCCCCCCC(=O)OC[C@H](COP(=O)(O)OC[C@@H](O)CO)OC(=O)CCC/C=C\C/C=C\C/C=C\C/C=C\CC(O)CCC. The van der Waals surface area contributed by atoms with Crippen molar-refractivity contribution < 1.29 is 52.9 Å². The first-order chi connectivity index (χ1) is 27.1. The number of aliphatic hydroxyl groups is 3. The highest BCUT2D eigenvalue weighted by Crippen LogP contribution is 2.43. The highest BCUT2D eigenvalue weighted by molar-refractivity contribution is 7.47. The third kappa shape index (κ3) is 38.5. The Hall–Kier alpha value is -2.37. The third-order valence-electron chi connectivity index (χ3n) is 8.70. The maximum atomic E-state index is 12.6. The van der Waals surface area contributed by atoms with E-state index in [0.717, 1.165) is 70.6 Å². The minimum atomic E-state index is -4.64. The molecule has 0 aromatic carbocycles. The van der Waals surface area contributed by atoms with Crippen molar-refractivity contribution in [1.82, 2.24) is 0 Å². The maximum absolute atomic E-state index is 12.6. The summed E-state index contributed by atoms with van der Waals surface area (Å²) in [6.07, 6.45) is 39.7. The molecule has 0 rings (SSSR count). The Kier molecular flexibility index (Phi) is 37.8. The predicted octanol–water partition coefficient (Wildman–Crippen LogP) is 10.1. The maximum Gasteiger partial charge on any atom is 0.472 e. The normalized spacial score (nSPS) is 15.0. The molecule has 4 N–H and O–H groups in total. The largest absolute Gasteiger partial charge is 0.472 e. The van der Waals surface area contributed by atoms with Crippen LogP contribution in [0.4, 0.5) is 0 Å². The van der Waals surface area contributed by atoms with Gasteiger partial charge < -0.3 is 29.7 Å². The minimum Gasteiger partial charge on any atom is -0.462 e. The van der Waals surface area contributed by atoms with Crippen LogP contribution in [-0.4, -0.2) is 76.9 Å². The van der Waals surface area contributed by atoms with Gasteiger partial charge in [0.05, 0.1) is 25.9 Å². The van der Waals surface area contributed by atoms with Crippen LogP contribution in [0.15, 0.2) is 60.8 Å². The summed E-state index contributed by atoms with van der Waals surface area (Å²) in [6, 6.07) is 0. The molecule has 0 aliphatic heterocycles. The van der Waals surface area contributed by atoms with Crippen molar-refractivity contribution in [2.24, 2.45) is 0 Å². The minimum absolute atomic E-state index is 0.0896. The lowest BCUT2D eigenvalue weighted by Gasteiger charge is -2.20. The number of hydrogen-bond acceptors (Lipinski definition) is 10. The summed E-state index contributed by atoms with van der Waals surface area (Å²) in [7, 11) is -4.64. The quantitative estimate of drug-likeness (QED) is 0.0202. The highest BCUT2D eigenvalue weighted by atomic mass is 31.2. The number of rotatable bonds is 39. The Bertz CT molecular complexity index is 1130. The van der Waals surface area contributed by atoms with E-state index in [1.165, 1.54) is 38.5 Å². The summed E-state index contributed by atoms with van der Waals surface area (Å²) in [4.78, 5) is 34.9. The Morgan fingerprint density at radius 2 is 1.07 bits per heavy atom. The second kappa shape index (κ2) is 39.5. The number of allylic oxidation sites excluding steroid dienone is 9. The van der Waals surface area contributed by atoms with Crippen LogP contribution >= 0.6 is 7.82 Å². The van der Waals surface area contributed by atoms with Gasteiger partial charge in [-0.15, -0.1) is 0 Å². The van der Waals surface area contributed by atoms with Crippen LogP contribution in [0.2, 0.25) is 0 Å². The molecule has 0 saturated carbocycles. The zero-order valence-electron chi connectivity index (χ0n) is 34.7. The number of hydrogen-bond donors (Lipinski definition) is 4. The van der Waals surface area contributed by atoms with E-state index < -0.39 is 51.8 Å². The molecule has 324 valence electrons. The fourth-order valence-electron chi connectivity index (χ4n) is 5.41. The number of esters is 2. The first kappa shape index (κ1) is 53.6. The molecule has 4 atom stereocenters. The van der Waals surface area contributed by atoms with Gasteiger partial charge in [-0.25, -0.2) is 4.57 Å². The molecule has 0 aliphatic rings. The Morgan fingerprint density at radius 1 is 0.571 bits per heavy atom. The van der Waals surface area contributed by atoms with E-state index in [2.05, 4.69) is 60.9 Å². The van der Waals surface area contributed by atoms with Crippen LogP contribution in [0.25, 0.3) is 0 Å². The van der Waals surface area contributed by atoms with Gasteiger partial charge in [-0.2, -0.15) is 0 Å². The van der Waals surface area contributed by atoms with Crippen LogP contribution in [0.3, 0.4) is 0 Å². The van der Waals surface area contributed by atoms with Crippen molar-refractivity contribution in [3.8, 4) is 0 Å². The lowest BCUT2D eigenvalue weighted by Crippen LogP contribution is -2.29. The monoisotopic (exact) mass is 813 g/mol. The first-order valence-corrected chi connectivity index (χ1v) is 22.8. The smallest absolute Gasteiger partial charge is 0.462 e. The molecule has 0 aromatic rings. The van der Waals surface area contributed by atoms with Crippen LogP contribution < -0.4 is 0 Å². The van der Waals surface area contributed by atoms with Crippen molar-refractivity contribution in [1.29, 1.82) is 0 Å². The number of ether oxygens (including phenoxy) is 2. The van der Waals surface area contributed by atoms with E-state index in [4.69, 9.17) is 19.1 Å². The van der Waals surface area contributed by atoms with E-state index in [0.29, 0.717) is 25.7 Å². The number of unbranched alkanes of at least 4 members (excludes halogenated alkanes) is 12. The summed E-state index contributed by atoms with van der Waals surface area (Å²) < 4.78 is 32.6. The first-order valence-electron chi connectivity index (χ1n) is 21.3. The summed E-state index contributed by atoms with van der Waals surface area (Å²) in [5.74, 6) is -1.02. The summed E-state index contributed by atoms with van der Waals surface area (Å²) in [6.45, 7) is 2.08.